The van der Waals surface area contributed by atoms with Gasteiger partial charge in [-0.3, -0.25) is 0 Å². The topological polar surface area (TPSA) is 18.5 Å². The van der Waals surface area contributed by atoms with Crippen molar-refractivity contribution in [3.63, 3.8) is 0 Å². The molecule has 0 aliphatic carbocycles. The Hall–Kier alpha value is -0.120. The van der Waals surface area contributed by atoms with Gasteiger partial charge in [-0.15, -0.1) is 0 Å². The number of likely N-dealkylation sites (N-methyl/N-ethyl adjacent to an activating group) is 1. The van der Waals surface area contributed by atoms with Crippen LogP contribution in [0.15, 0.2) is 0 Å². The van der Waals surface area contributed by atoms with E-state index in [4.69, 9.17) is 0 Å². The van der Waals surface area contributed by atoms with Gasteiger partial charge in [0.1, 0.15) is 0 Å². The van der Waals surface area contributed by atoms with Crippen molar-refractivity contribution in [1.82, 2.24) is 15.1 Å². The fourth-order valence-electron chi connectivity index (χ4n) is 2.63. The van der Waals surface area contributed by atoms with Crippen LogP contribution < -0.4 is 5.32 Å². The molecule has 0 aromatic rings. The molecule has 0 amide bonds. The normalized spacial score (nSPS) is 25.8. The predicted molar refractivity (Wildman–Crippen MR) is 75.5 cm³/mol. The molecule has 0 bridgehead atoms. The standard InChI is InChI=1S/C14H31N3/c1-5-17(11-7-10-16(3)4)12-14-13(2)8-6-9-15-14/h13-15H,5-12H2,1-4H3. The van der Waals surface area contributed by atoms with Crippen LogP contribution in [0.2, 0.25) is 0 Å². The lowest BCUT2D eigenvalue weighted by Crippen LogP contribution is -2.48. The first-order valence-electron chi connectivity index (χ1n) is 7.24. The monoisotopic (exact) mass is 241 g/mol. The molecule has 0 aromatic heterocycles. The van der Waals surface area contributed by atoms with Crippen molar-refractivity contribution in [3.05, 3.63) is 0 Å². The second-order valence-electron chi connectivity index (χ2n) is 5.73. The van der Waals surface area contributed by atoms with E-state index in [-0.39, 0.29) is 0 Å². The van der Waals surface area contributed by atoms with Gasteiger partial charge in [-0.1, -0.05) is 13.8 Å². The third-order valence-corrected chi connectivity index (χ3v) is 3.91. The Morgan fingerprint density at radius 3 is 2.59 bits per heavy atom. The molecular formula is C14H31N3. The minimum Gasteiger partial charge on any atom is -0.312 e. The largest absolute Gasteiger partial charge is 0.312 e. The Labute approximate surface area is 108 Å². The van der Waals surface area contributed by atoms with Crippen molar-refractivity contribution >= 4 is 0 Å². The molecule has 1 rings (SSSR count). The van der Waals surface area contributed by atoms with Gasteiger partial charge >= 0.3 is 0 Å². The summed E-state index contributed by atoms with van der Waals surface area (Å²) in [5.41, 5.74) is 0. The summed E-state index contributed by atoms with van der Waals surface area (Å²) in [4.78, 5) is 4.87. The molecule has 0 saturated carbocycles. The second-order valence-corrected chi connectivity index (χ2v) is 5.73. The van der Waals surface area contributed by atoms with Crippen LogP contribution in [0.5, 0.6) is 0 Å². The summed E-state index contributed by atoms with van der Waals surface area (Å²) in [6.07, 6.45) is 4.03. The van der Waals surface area contributed by atoms with Crippen LogP contribution in [0.1, 0.15) is 33.1 Å². The van der Waals surface area contributed by atoms with Crippen molar-refractivity contribution in [3.8, 4) is 0 Å². The zero-order valence-electron chi connectivity index (χ0n) is 12.2. The SMILES string of the molecule is CCN(CCCN(C)C)CC1NCCCC1C. The highest BCUT2D eigenvalue weighted by Crippen LogP contribution is 2.16. The molecule has 2 unspecified atom stereocenters. The van der Waals surface area contributed by atoms with E-state index in [0.29, 0.717) is 6.04 Å². The first kappa shape index (κ1) is 14.9. The first-order chi connectivity index (χ1) is 8.13. The Morgan fingerprint density at radius 2 is 2.00 bits per heavy atom. The maximum atomic E-state index is 3.68. The summed E-state index contributed by atoms with van der Waals surface area (Å²) in [6, 6.07) is 0.711. The van der Waals surface area contributed by atoms with Crippen LogP contribution in [0.3, 0.4) is 0 Å². The van der Waals surface area contributed by atoms with Crippen LogP contribution in [0.25, 0.3) is 0 Å². The lowest BCUT2D eigenvalue weighted by atomic mass is 9.92. The number of nitrogens with one attached hydrogen (secondary N) is 1. The zero-order chi connectivity index (χ0) is 12.7. The van der Waals surface area contributed by atoms with Gasteiger partial charge in [0.25, 0.3) is 0 Å². The molecule has 1 heterocycles. The summed E-state index contributed by atoms with van der Waals surface area (Å²) < 4.78 is 0. The number of piperidine rings is 1. The van der Waals surface area contributed by atoms with Gasteiger partial charge in [0.05, 0.1) is 0 Å². The van der Waals surface area contributed by atoms with Crippen molar-refractivity contribution < 1.29 is 0 Å². The van der Waals surface area contributed by atoms with Crippen LogP contribution in [-0.2, 0) is 0 Å². The van der Waals surface area contributed by atoms with Crippen LogP contribution >= 0.6 is 0 Å². The van der Waals surface area contributed by atoms with E-state index in [2.05, 4.69) is 43.1 Å². The minimum atomic E-state index is 0.711. The van der Waals surface area contributed by atoms with E-state index in [0.717, 1.165) is 5.92 Å². The lowest BCUT2D eigenvalue weighted by Gasteiger charge is -2.34. The highest BCUT2D eigenvalue weighted by molar-refractivity contribution is 4.81. The Bertz CT molecular complexity index is 194. The van der Waals surface area contributed by atoms with Crippen LogP contribution in [0, 0.1) is 5.92 Å². The van der Waals surface area contributed by atoms with Gasteiger partial charge < -0.3 is 15.1 Å². The maximum absolute atomic E-state index is 3.68. The number of nitrogens with zero attached hydrogens (tertiary/aromatic N) is 2. The molecule has 1 N–H and O–H groups in total. The van der Waals surface area contributed by atoms with Crippen LogP contribution in [-0.4, -0.2) is 62.7 Å². The van der Waals surface area contributed by atoms with Gasteiger partial charge in [0.2, 0.25) is 0 Å². The Morgan fingerprint density at radius 1 is 1.24 bits per heavy atom. The molecule has 1 fully saturated rings. The molecule has 1 saturated heterocycles. The number of rotatable bonds is 7. The van der Waals surface area contributed by atoms with Crippen molar-refractivity contribution in [2.75, 3.05) is 46.8 Å². The predicted octanol–water partition coefficient (Wildman–Crippen LogP) is 1.65. The van der Waals surface area contributed by atoms with E-state index in [1.165, 1.54) is 52.0 Å². The van der Waals surface area contributed by atoms with Crippen LogP contribution in [0.4, 0.5) is 0 Å². The lowest BCUT2D eigenvalue weighted by molar-refractivity contribution is 0.190. The number of hydrogen-bond donors (Lipinski definition) is 1. The zero-order valence-corrected chi connectivity index (χ0v) is 12.2. The van der Waals surface area contributed by atoms with Crippen molar-refractivity contribution in [1.29, 1.82) is 0 Å². The van der Waals surface area contributed by atoms with E-state index >= 15 is 0 Å². The van der Waals surface area contributed by atoms with Crippen molar-refractivity contribution in [2.45, 2.75) is 39.2 Å². The summed E-state index contributed by atoms with van der Waals surface area (Å²) in [6.45, 7) is 10.7. The maximum Gasteiger partial charge on any atom is 0.0220 e. The van der Waals surface area contributed by atoms with E-state index in [9.17, 15) is 0 Å². The minimum absolute atomic E-state index is 0.711. The van der Waals surface area contributed by atoms with Gasteiger partial charge in [-0.05, 0) is 65.5 Å². The van der Waals surface area contributed by atoms with Gasteiger partial charge in [0, 0.05) is 12.6 Å². The Balaban J connectivity index is 2.25. The van der Waals surface area contributed by atoms with E-state index in [1.807, 2.05) is 0 Å². The van der Waals surface area contributed by atoms with Gasteiger partial charge in [-0.2, -0.15) is 0 Å². The molecule has 1 aliphatic heterocycles. The molecular weight excluding hydrogens is 210 g/mol. The van der Waals surface area contributed by atoms with Crippen molar-refractivity contribution in [2.24, 2.45) is 5.92 Å². The van der Waals surface area contributed by atoms with E-state index in [1.54, 1.807) is 0 Å². The molecule has 0 radical (unpaired) electrons. The molecule has 0 spiro atoms. The molecule has 3 heteroatoms. The quantitative estimate of drug-likeness (QED) is 0.731. The molecule has 0 aromatic carbocycles. The smallest absolute Gasteiger partial charge is 0.0220 e. The van der Waals surface area contributed by atoms with E-state index < -0.39 is 0 Å². The molecule has 17 heavy (non-hydrogen) atoms. The number of hydrogen-bond acceptors (Lipinski definition) is 3. The fourth-order valence-corrected chi connectivity index (χ4v) is 2.63. The highest BCUT2D eigenvalue weighted by Gasteiger charge is 2.22. The molecule has 3 nitrogen and oxygen atoms in total. The molecule has 2 atom stereocenters. The second kappa shape index (κ2) is 8.06. The van der Waals surface area contributed by atoms with Gasteiger partial charge in [-0.25, -0.2) is 0 Å². The highest BCUT2D eigenvalue weighted by atomic mass is 15.2. The summed E-state index contributed by atoms with van der Waals surface area (Å²) in [5.74, 6) is 0.839. The average Bonchev–Trinajstić information content (AvgIpc) is 2.30. The Kier molecular flexibility index (Phi) is 7.09. The molecule has 1 aliphatic rings. The summed E-state index contributed by atoms with van der Waals surface area (Å²) in [7, 11) is 4.31. The third kappa shape index (κ3) is 5.84. The average molecular weight is 241 g/mol. The summed E-state index contributed by atoms with van der Waals surface area (Å²) in [5, 5.41) is 3.68. The first-order valence-corrected chi connectivity index (χ1v) is 7.24. The van der Waals surface area contributed by atoms with Gasteiger partial charge in [0.15, 0.2) is 0 Å². The third-order valence-electron chi connectivity index (χ3n) is 3.91. The molecule has 102 valence electrons. The summed E-state index contributed by atoms with van der Waals surface area (Å²) >= 11 is 0. The fraction of sp³-hybridized carbons (Fsp3) is 1.00.